The molecule has 1 N–H and O–H groups in total. The molecule has 0 bridgehead atoms. The Labute approximate surface area is 349 Å². The molecule has 0 saturated carbocycles. The van der Waals surface area contributed by atoms with Crippen LogP contribution in [-0.2, 0) is 9.59 Å². The number of rotatable bonds is 34. The summed E-state index contributed by atoms with van der Waals surface area (Å²) in [5, 5.41) is 30.4. The largest absolute Gasteiger partial charge is 0.481 e. The summed E-state index contributed by atoms with van der Waals surface area (Å²) in [6, 6.07) is 11.3. The molecule has 0 saturated heterocycles. The van der Waals surface area contributed by atoms with Gasteiger partial charge in [0.15, 0.2) is 0 Å². The summed E-state index contributed by atoms with van der Waals surface area (Å²) in [5.41, 5.74) is 0.523. The van der Waals surface area contributed by atoms with Gasteiger partial charge in [0, 0.05) is 30.7 Å². The molecule has 0 spiro atoms. The van der Waals surface area contributed by atoms with Crippen LogP contribution in [0.5, 0.6) is 5.75 Å². The lowest BCUT2D eigenvalue weighted by molar-refractivity contribution is -0.385. The lowest BCUT2D eigenvalue weighted by Gasteiger charge is -2.16. The Hall–Kier alpha value is -4.34. The number of nitro benzene ring substituents is 2. The van der Waals surface area contributed by atoms with Crippen LogP contribution in [-0.4, -0.2) is 26.9 Å². The molecular weight excluding hydrogens is 733 g/mol. The van der Waals surface area contributed by atoms with Gasteiger partial charge < -0.3 is 9.84 Å². The smallest absolute Gasteiger partial charge is 0.318 e. The molecule has 0 aliphatic rings. The molecular formula is C48H74N2O8. The quantitative estimate of drug-likeness (QED) is 0.0183. The SMILES string of the molecule is CCCCCCCC/C=C\CCCCCCC(C(=O)Oc1ccc([N+](=O)[O-])cc1)c1ccc([N+](=O)[O-])cc1.CCCCCCCC/C=C\CCCCCCCC(=O)O. The first-order valence-corrected chi connectivity index (χ1v) is 22.4. The average molecular weight is 807 g/mol. The molecule has 324 valence electrons. The second-order valence-corrected chi connectivity index (χ2v) is 15.3. The Kier molecular flexibility index (Phi) is 31.9. The topological polar surface area (TPSA) is 150 Å². The second-order valence-electron chi connectivity index (χ2n) is 15.3. The van der Waals surface area contributed by atoms with Crippen LogP contribution in [0.3, 0.4) is 0 Å². The van der Waals surface area contributed by atoms with E-state index in [9.17, 15) is 29.8 Å². The zero-order chi connectivity index (χ0) is 42.5. The van der Waals surface area contributed by atoms with Gasteiger partial charge in [-0.1, -0.05) is 153 Å². The van der Waals surface area contributed by atoms with Gasteiger partial charge in [-0.25, -0.2) is 0 Å². The molecule has 0 aromatic heterocycles. The highest BCUT2D eigenvalue weighted by atomic mass is 16.6. The van der Waals surface area contributed by atoms with Gasteiger partial charge in [-0.2, -0.15) is 0 Å². The number of nitro groups is 2. The molecule has 0 fully saturated rings. The van der Waals surface area contributed by atoms with Gasteiger partial charge in [-0.15, -0.1) is 0 Å². The van der Waals surface area contributed by atoms with Crippen molar-refractivity contribution >= 4 is 23.3 Å². The highest BCUT2D eigenvalue weighted by Crippen LogP contribution is 2.28. The maximum atomic E-state index is 13.0. The average Bonchev–Trinajstić information content (AvgIpc) is 3.21. The van der Waals surface area contributed by atoms with Crippen molar-refractivity contribution in [3.63, 3.8) is 0 Å². The van der Waals surface area contributed by atoms with Gasteiger partial charge in [0.25, 0.3) is 11.4 Å². The van der Waals surface area contributed by atoms with Gasteiger partial charge in [0.1, 0.15) is 5.75 Å². The van der Waals surface area contributed by atoms with Crippen LogP contribution in [0, 0.1) is 20.2 Å². The van der Waals surface area contributed by atoms with Crippen LogP contribution in [0.1, 0.15) is 199 Å². The predicted molar refractivity (Wildman–Crippen MR) is 236 cm³/mol. The molecule has 0 aliphatic carbocycles. The van der Waals surface area contributed by atoms with E-state index in [0.717, 1.165) is 51.4 Å². The number of allylic oxidation sites excluding steroid dienone is 4. The van der Waals surface area contributed by atoms with E-state index in [1.807, 2.05) is 0 Å². The number of esters is 1. The zero-order valence-electron chi connectivity index (χ0n) is 35.8. The van der Waals surface area contributed by atoms with E-state index in [1.165, 1.54) is 146 Å². The van der Waals surface area contributed by atoms with Crippen molar-refractivity contribution in [1.82, 2.24) is 0 Å². The summed E-state index contributed by atoms with van der Waals surface area (Å²) in [4.78, 5) is 44.2. The molecule has 1 atom stereocenters. The van der Waals surface area contributed by atoms with Gasteiger partial charge in [0.05, 0.1) is 15.8 Å². The molecule has 10 nitrogen and oxygen atoms in total. The summed E-state index contributed by atoms with van der Waals surface area (Å²) < 4.78 is 5.51. The van der Waals surface area contributed by atoms with E-state index in [0.29, 0.717) is 18.4 Å². The predicted octanol–water partition coefficient (Wildman–Crippen LogP) is 14.9. The lowest BCUT2D eigenvalue weighted by atomic mass is 9.92. The van der Waals surface area contributed by atoms with Gasteiger partial charge >= 0.3 is 11.9 Å². The standard InChI is InChI=1S/C30H40N2O6.C18H34O2/c1-2-3-4-5-6-7-8-9-10-11-12-13-14-15-16-29(25-17-19-26(20-18-25)31(34)35)30(33)38-28-23-21-27(22-24-28)32(36)37;1-2-3-4-5-6-7-8-9-10-11-12-13-14-15-16-17-18(19)20/h9-10,17-24,29H,2-8,11-16H2,1H3;9-10H,2-8,11-17H2,1H3,(H,19,20)/b2*10-9-. The summed E-state index contributed by atoms with van der Waals surface area (Å²) in [5.74, 6) is -1.50. The van der Waals surface area contributed by atoms with Gasteiger partial charge in [0.2, 0.25) is 0 Å². The first-order valence-electron chi connectivity index (χ1n) is 22.4. The minimum atomic E-state index is -0.664. The van der Waals surface area contributed by atoms with Crippen molar-refractivity contribution in [2.24, 2.45) is 0 Å². The van der Waals surface area contributed by atoms with Crippen molar-refractivity contribution in [2.45, 2.75) is 193 Å². The molecule has 1 unspecified atom stereocenters. The highest BCUT2D eigenvalue weighted by molar-refractivity contribution is 5.80. The number of non-ortho nitro benzene ring substituents is 2. The van der Waals surface area contributed by atoms with Crippen molar-refractivity contribution in [3.05, 3.63) is 98.6 Å². The number of aliphatic carboxylic acids is 1. The Balaban J connectivity index is 0.000000710. The summed E-state index contributed by atoms with van der Waals surface area (Å²) in [7, 11) is 0. The summed E-state index contributed by atoms with van der Waals surface area (Å²) in [6.45, 7) is 4.49. The third kappa shape index (κ3) is 28.1. The number of hydrogen-bond donors (Lipinski definition) is 1. The lowest BCUT2D eigenvalue weighted by Crippen LogP contribution is -2.19. The number of carboxylic acids is 1. The molecule has 2 rings (SSSR count). The molecule has 0 amide bonds. The third-order valence-electron chi connectivity index (χ3n) is 10.2. The molecule has 0 aliphatic heterocycles. The third-order valence-corrected chi connectivity index (χ3v) is 10.2. The number of carbonyl (C=O) groups excluding carboxylic acids is 1. The number of nitrogens with zero attached hydrogens (tertiary/aromatic N) is 2. The van der Waals surface area contributed by atoms with E-state index in [4.69, 9.17) is 9.84 Å². The number of hydrogen-bond acceptors (Lipinski definition) is 7. The van der Waals surface area contributed by atoms with Gasteiger partial charge in [-0.3, -0.25) is 29.8 Å². The van der Waals surface area contributed by atoms with Crippen LogP contribution in [0.4, 0.5) is 11.4 Å². The number of carbonyl (C=O) groups is 2. The Morgan fingerprint density at radius 3 is 1.31 bits per heavy atom. The zero-order valence-corrected chi connectivity index (χ0v) is 35.8. The van der Waals surface area contributed by atoms with Crippen molar-refractivity contribution in [1.29, 1.82) is 0 Å². The monoisotopic (exact) mass is 807 g/mol. The van der Waals surface area contributed by atoms with E-state index in [-0.39, 0.29) is 17.1 Å². The summed E-state index contributed by atoms with van der Waals surface area (Å²) >= 11 is 0. The number of ether oxygens (including phenoxy) is 1. The second kappa shape index (κ2) is 35.8. The summed E-state index contributed by atoms with van der Waals surface area (Å²) in [6.07, 6.45) is 40.4. The Bertz CT molecular complexity index is 1420. The maximum Gasteiger partial charge on any atom is 0.318 e. The first kappa shape index (κ1) is 51.7. The van der Waals surface area contributed by atoms with Crippen LogP contribution >= 0.6 is 0 Å². The fourth-order valence-corrected chi connectivity index (χ4v) is 6.66. The molecule has 0 radical (unpaired) electrons. The maximum absolute atomic E-state index is 13.0. The van der Waals surface area contributed by atoms with Crippen LogP contribution < -0.4 is 4.74 Å². The van der Waals surface area contributed by atoms with Crippen molar-refractivity contribution < 1.29 is 29.3 Å². The normalized spacial score (nSPS) is 11.7. The number of benzene rings is 2. The van der Waals surface area contributed by atoms with E-state index < -0.39 is 27.7 Å². The van der Waals surface area contributed by atoms with Crippen molar-refractivity contribution in [3.8, 4) is 5.75 Å². The Morgan fingerprint density at radius 1 is 0.552 bits per heavy atom. The molecule has 2 aromatic rings. The molecule has 10 heteroatoms. The van der Waals surface area contributed by atoms with E-state index in [1.54, 1.807) is 12.1 Å². The highest BCUT2D eigenvalue weighted by Gasteiger charge is 2.24. The number of unbranched alkanes of at least 4 members (excludes halogenated alkanes) is 21. The fourth-order valence-electron chi connectivity index (χ4n) is 6.66. The van der Waals surface area contributed by atoms with E-state index >= 15 is 0 Å². The Morgan fingerprint density at radius 2 is 0.914 bits per heavy atom. The van der Waals surface area contributed by atoms with Crippen LogP contribution in [0.2, 0.25) is 0 Å². The number of carboxylic acid groups (broad SMARTS) is 1. The van der Waals surface area contributed by atoms with Gasteiger partial charge in [-0.05, 0) is 81.9 Å². The fraction of sp³-hybridized carbons (Fsp3) is 0.625. The molecule has 58 heavy (non-hydrogen) atoms. The van der Waals surface area contributed by atoms with E-state index in [2.05, 4.69) is 38.2 Å². The first-order chi connectivity index (χ1) is 28.2. The van der Waals surface area contributed by atoms with Crippen LogP contribution in [0.15, 0.2) is 72.8 Å². The van der Waals surface area contributed by atoms with Crippen molar-refractivity contribution in [2.75, 3.05) is 0 Å². The van der Waals surface area contributed by atoms with Crippen LogP contribution in [0.25, 0.3) is 0 Å². The minimum Gasteiger partial charge on any atom is -0.481 e. The molecule has 2 aromatic carbocycles. The minimum absolute atomic E-state index is 0.0409. The molecule has 0 heterocycles.